The van der Waals surface area contributed by atoms with E-state index in [4.69, 9.17) is 9.40 Å². The third-order valence-corrected chi connectivity index (χ3v) is 5.94. The Bertz CT molecular complexity index is 1070. The van der Waals surface area contributed by atoms with Crippen molar-refractivity contribution >= 4 is 28.5 Å². The lowest BCUT2D eigenvalue weighted by molar-refractivity contribution is -0.120. The number of hydrogen-bond donors (Lipinski definition) is 1. The molecule has 0 radical (unpaired) electrons. The van der Waals surface area contributed by atoms with Gasteiger partial charge in [-0.1, -0.05) is 18.2 Å². The molecule has 0 spiro atoms. The van der Waals surface area contributed by atoms with Crippen LogP contribution in [-0.2, 0) is 4.79 Å². The fourth-order valence-corrected chi connectivity index (χ4v) is 4.18. The van der Waals surface area contributed by atoms with Crippen LogP contribution in [0.25, 0.3) is 11.1 Å². The van der Waals surface area contributed by atoms with Gasteiger partial charge >= 0.3 is 0 Å². The van der Waals surface area contributed by atoms with Gasteiger partial charge in [0.05, 0.1) is 11.3 Å². The number of nitrogens with one attached hydrogen (secondary N) is 1. The van der Waals surface area contributed by atoms with E-state index < -0.39 is 0 Å². The number of furan rings is 1. The Morgan fingerprint density at radius 2 is 1.86 bits per heavy atom. The molecular formula is C23H28N4O2. The van der Waals surface area contributed by atoms with Crippen LogP contribution in [0.1, 0.15) is 41.1 Å². The number of carbonyl (C=O) groups excluding carboxylic acids is 1. The number of anilines is 2. The molecule has 1 N–H and O–H groups in total. The lowest BCUT2D eigenvalue weighted by atomic mass is 9.96. The highest BCUT2D eigenvalue weighted by Crippen LogP contribution is 2.33. The van der Waals surface area contributed by atoms with Gasteiger partial charge in [0.15, 0.2) is 0 Å². The average molecular weight is 393 g/mol. The second-order valence-corrected chi connectivity index (χ2v) is 8.10. The fourth-order valence-electron chi connectivity index (χ4n) is 4.18. The smallest absolute Gasteiger partial charge is 0.231 e. The van der Waals surface area contributed by atoms with Gasteiger partial charge in [-0.25, -0.2) is 4.98 Å². The zero-order valence-corrected chi connectivity index (χ0v) is 17.8. The summed E-state index contributed by atoms with van der Waals surface area (Å²) in [5.41, 5.74) is 4.80. The zero-order valence-electron chi connectivity index (χ0n) is 17.8. The van der Waals surface area contributed by atoms with Gasteiger partial charge in [0.2, 0.25) is 11.6 Å². The topological polar surface area (TPSA) is 71.3 Å². The minimum atomic E-state index is -0.0821. The molecular weight excluding hydrogens is 364 g/mol. The van der Waals surface area contributed by atoms with Crippen molar-refractivity contribution < 1.29 is 9.21 Å². The quantitative estimate of drug-likeness (QED) is 0.704. The molecule has 2 aromatic heterocycles. The summed E-state index contributed by atoms with van der Waals surface area (Å²) in [6, 6.07) is 6.07. The maximum absolute atomic E-state index is 13.1. The maximum atomic E-state index is 13.1. The Labute approximate surface area is 171 Å². The number of nitrogens with zero attached hydrogens (tertiary/aromatic N) is 3. The predicted octanol–water partition coefficient (Wildman–Crippen LogP) is 4.62. The number of aryl methyl sites for hydroxylation is 5. The second kappa shape index (κ2) is 7.50. The lowest BCUT2D eigenvalue weighted by Crippen LogP contribution is -2.41. The summed E-state index contributed by atoms with van der Waals surface area (Å²) in [5, 5.41) is 4.13. The van der Waals surface area contributed by atoms with Crippen molar-refractivity contribution in [1.29, 1.82) is 0 Å². The van der Waals surface area contributed by atoms with Crippen molar-refractivity contribution in [1.82, 2.24) is 9.97 Å². The molecule has 1 atom stereocenters. The minimum absolute atomic E-state index is 0.0780. The lowest BCUT2D eigenvalue weighted by Gasteiger charge is -2.33. The van der Waals surface area contributed by atoms with Crippen LogP contribution in [0.2, 0.25) is 0 Å². The molecule has 1 amide bonds. The number of para-hydroxylation sites is 1. The van der Waals surface area contributed by atoms with Gasteiger partial charge in [-0.15, -0.1) is 0 Å². The molecule has 0 saturated carbocycles. The summed E-state index contributed by atoms with van der Waals surface area (Å²) in [7, 11) is 0. The van der Waals surface area contributed by atoms with E-state index >= 15 is 0 Å². The first-order chi connectivity index (χ1) is 13.8. The van der Waals surface area contributed by atoms with Crippen LogP contribution in [0.4, 0.5) is 11.5 Å². The highest BCUT2D eigenvalue weighted by Gasteiger charge is 2.29. The van der Waals surface area contributed by atoms with Gasteiger partial charge in [-0.2, -0.15) is 4.98 Å². The second-order valence-electron chi connectivity index (χ2n) is 8.10. The minimum Gasteiger partial charge on any atom is -0.443 e. The predicted molar refractivity (Wildman–Crippen MR) is 115 cm³/mol. The standard InChI is InChI=1S/C23H28N4O2/c1-13-8-6-9-14(2)20(13)26-22(28)18-10-7-11-27(12-18)21-19-15(3)16(4)29-23(19)25-17(5)24-21/h6,8-9,18H,7,10-12H2,1-5H3,(H,26,28)/t18-/m1/s1. The molecule has 1 aliphatic heterocycles. The van der Waals surface area contributed by atoms with Crippen molar-refractivity contribution in [2.24, 2.45) is 5.92 Å². The fraction of sp³-hybridized carbons (Fsp3) is 0.435. The number of carbonyl (C=O) groups is 1. The van der Waals surface area contributed by atoms with Crippen molar-refractivity contribution in [2.75, 3.05) is 23.3 Å². The Hall–Kier alpha value is -2.89. The van der Waals surface area contributed by atoms with E-state index in [1.807, 2.05) is 52.8 Å². The average Bonchev–Trinajstić information content (AvgIpc) is 2.97. The van der Waals surface area contributed by atoms with E-state index in [0.29, 0.717) is 18.1 Å². The van der Waals surface area contributed by atoms with Crippen molar-refractivity contribution in [3.63, 3.8) is 0 Å². The Balaban J connectivity index is 1.61. The molecule has 0 aliphatic carbocycles. The van der Waals surface area contributed by atoms with Gasteiger partial charge in [0.25, 0.3) is 0 Å². The Morgan fingerprint density at radius 3 is 2.59 bits per heavy atom. The summed E-state index contributed by atoms with van der Waals surface area (Å²) in [4.78, 5) is 24.5. The number of piperidine rings is 1. The van der Waals surface area contributed by atoms with Gasteiger partial charge < -0.3 is 14.6 Å². The van der Waals surface area contributed by atoms with E-state index in [1.165, 1.54) is 0 Å². The third-order valence-electron chi connectivity index (χ3n) is 5.94. The highest BCUT2D eigenvalue weighted by molar-refractivity contribution is 5.95. The SMILES string of the molecule is Cc1nc(N2CCC[C@@H](C(=O)Nc3c(C)cccc3C)C2)c2c(C)c(C)oc2n1. The number of fused-ring (bicyclic) bond motifs is 1. The van der Waals surface area contributed by atoms with Crippen LogP contribution in [-0.4, -0.2) is 29.0 Å². The van der Waals surface area contributed by atoms with Crippen molar-refractivity contribution in [2.45, 2.75) is 47.5 Å². The Kier molecular flexibility index (Phi) is 5.03. The van der Waals surface area contributed by atoms with Gasteiger partial charge in [-0.05, 0) is 58.6 Å². The summed E-state index contributed by atoms with van der Waals surface area (Å²) < 4.78 is 5.83. The van der Waals surface area contributed by atoms with Gasteiger partial charge in [0, 0.05) is 24.3 Å². The molecule has 6 nitrogen and oxygen atoms in total. The molecule has 4 rings (SSSR count). The van der Waals surface area contributed by atoms with E-state index in [1.54, 1.807) is 0 Å². The Morgan fingerprint density at radius 1 is 1.14 bits per heavy atom. The van der Waals surface area contributed by atoms with Crippen LogP contribution in [0.15, 0.2) is 22.6 Å². The summed E-state index contributed by atoms with van der Waals surface area (Å²) in [6.45, 7) is 11.4. The molecule has 1 aliphatic rings. The number of hydrogen-bond acceptors (Lipinski definition) is 5. The zero-order chi connectivity index (χ0) is 20.7. The summed E-state index contributed by atoms with van der Waals surface area (Å²) in [6.07, 6.45) is 1.83. The van der Waals surface area contributed by atoms with E-state index in [-0.39, 0.29) is 11.8 Å². The van der Waals surface area contributed by atoms with Crippen molar-refractivity contribution in [3.05, 3.63) is 46.5 Å². The first-order valence-corrected chi connectivity index (χ1v) is 10.2. The van der Waals surface area contributed by atoms with Crippen LogP contribution < -0.4 is 10.2 Å². The molecule has 0 unspecified atom stereocenters. The van der Waals surface area contributed by atoms with Crippen LogP contribution in [0.5, 0.6) is 0 Å². The normalized spacial score (nSPS) is 17.0. The van der Waals surface area contributed by atoms with Gasteiger partial charge in [0.1, 0.15) is 17.4 Å². The van der Waals surface area contributed by atoms with E-state index in [2.05, 4.69) is 15.2 Å². The number of amides is 1. The number of benzene rings is 1. The first kappa shape index (κ1) is 19.4. The molecule has 1 fully saturated rings. The molecule has 29 heavy (non-hydrogen) atoms. The molecule has 1 aromatic carbocycles. The van der Waals surface area contributed by atoms with Crippen LogP contribution >= 0.6 is 0 Å². The van der Waals surface area contributed by atoms with E-state index in [0.717, 1.165) is 58.7 Å². The maximum Gasteiger partial charge on any atom is 0.231 e. The number of aromatic nitrogens is 2. The van der Waals surface area contributed by atoms with Crippen molar-refractivity contribution in [3.8, 4) is 0 Å². The van der Waals surface area contributed by atoms with Crippen LogP contribution in [0, 0.1) is 40.5 Å². The molecule has 152 valence electrons. The monoisotopic (exact) mass is 392 g/mol. The van der Waals surface area contributed by atoms with Gasteiger partial charge in [-0.3, -0.25) is 4.79 Å². The third kappa shape index (κ3) is 3.59. The molecule has 6 heteroatoms. The number of rotatable bonds is 3. The van der Waals surface area contributed by atoms with E-state index in [9.17, 15) is 4.79 Å². The molecule has 3 heterocycles. The molecule has 0 bridgehead atoms. The van der Waals surface area contributed by atoms with Crippen LogP contribution in [0.3, 0.4) is 0 Å². The largest absolute Gasteiger partial charge is 0.443 e. The summed E-state index contributed by atoms with van der Waals surface area (Å²) >= 11 is 0. The molecule has 3 aromatic rings. The summed E-state index contributed by atoms with van der Waals surface area (Å²) in [5.74, 6) is 2.42. The highest BCUT2D eigenvalue weighted by atomic mass is 16.3. The first-order valence-electron chi connectivity index (χ1n) is 10.2. The molecule has 1 saturated heterocycles.